The highest BCUT2D eigenvalue weighted by atomic mass is 35.5. The highest BCUT2D eigenvalue weighted by Crippen LogP contribution is 2.31. The van der Waals surface area contributed by atoms with Crippen LogP contribution in [0.2, 0.25) is 10.0 Å². The number of ether oxygens (including phenoxy) is 1. The lowest BCUT2D eigenvalue weighted by atomic mass is 10.2. The van der Waals surface area contributed by atoms with Gasteiger partial charge in [0.05, 0.1) is 5.69 Å². The standard InChI is InChI=1S/C15H12Cl2N2O2/c16-10-1-3-12(17)9(5-10)7-18-11-2-4-14-13(6-11)19-15(20)8-21-14/h1-6,18H,7-8H2,(H,19,20). The zero-order chi connectivity index (χ0) is 14.8. The number of carbonyl (C=O) groups excluding carboxylic acids is 1. The van der Waals surface area contributed by atoms with Crippen LogP contribution in [0.25, 0.3) is 0 Å². The van der Waals surface area contributed by atoms with Gasteiger partial charge in [-0.25, -0.2) is 0 Å². The summed E-state index contributed by atoms with van der Waals surface area (Å²) in [7, 11) is 0. The van der Waals surface area contributed by atoms with Crippen molar-refractivity contribution in [1.82, 2.24) is 0 Å². The van der Waals surface area contributed by atoms with E-state index in [1.165, 1.54) is 0 Å². The van der Waals surface area contributed by atoms with Gasteiger partial charge in [-0.2, -0.15) is 0 Å². The topological polar surface area (TPSA) is 50.4 Å². The second kappa shape index (κ2) is 5.84. The van der Waals surface area contributed by atoms with E-state index >= 15 is 0 Å². The first kappa shape index (κ1) is 14.0. The van der Waals surface area contributed by atoms with Crippen molar-refractivity contribution in [1.29, 1.82) is 0 Å². The van der Waals surface area contributed by atoms with Crippen LogP contribution in [0.5, 0.6) is 5.75 Å². The zero-order valence-electron chi connectivity index (χ0n) is 11.0. The number of carbonyl (C=O) groups is 1. The fraction of sp³-hybridized carbons (Fsp3) is 0.133. The molecule has 6 heteroatoms. The van der Waals surface area contributed by atoms with Crippen LogP contribution in [-0.4, -0.2) is 12.5 Å². The normalized spacial score (nSPS) is 13.1. The minimum absolute atomic E-state index is 0.0535. The third-order valence-electron chi connectivity index (χ3n) is 3.10. The molecule has 0 aliphatic carbocycles. The maximum atomic E-state index is 11.3. The molecule has 0 spiro atoms. The molecule has 0 fully saturated rings. The Labute approximate surface area is 132 Å². The first-order valence-electron chi connectivity index (χ1n) is 6.36. The summed E-state index contributed by atoms with van der Waals surface area (Å²) < 4.78 is 5.31. The number of amides is 1. The van der Waals surface area contributed by atoms with Crippen molar-refractivity contribution in [3.8, 4) is 5.75 Å². The van der Waals surface area contributed by atoms with E-state index in [1.54, 1.807) is 12.1 Å². The van der Waals surface area contributed by atoms with Gasteiger partial charge in [-0.3, -0.25) is 4.79 Å². The predicted octanol–water partition coefficient (Wildman–Crippen LogP) is 3.94. The Kier molecular flexibility index (Phi) is 3.90. The van der Waals surface area contributed by atoms with E-state index in [-0.39, 0.29) is 12.5 Å². The first-order chi connectivity index (χ1) is 10.1. The summed E-state index contributed by atoms with van der Waals surface area (Å²) in [6.07, 6.45) is 0. The number of anilines is 2. The van der Waals surface area contributed by atoms with Crippen molar-refractivity contribution >= 4 is 40.5 Å². The maximum Gasteiger partial charge on any atom is 0.262 e. The first-order valence-corrected chi connectivity index (χ1v) is 7.12. The average Bonchev–Trinajstić information content (AvgIpc) is 2.47. The summed E-state index contributed by atoms with van der Waals surface area (Å²) in [5.74, 6) is 0.512. The van der Waals surface area contributed by atoms with Crippen molar-refractivity contribution in [3.63, 3.8) is 0 Å². The number of rotatable bonds is 3. The Bertz CT molecular complexity index is 704. The van der Waals surface area contributed by atoms with E-state index in [4.69, 9.17) is 27.9 Å². The Morgan fingerprint density at radius 1 is 1.19 bits per heavy atom. The number of benzene rings is 2. The van der Waals surface area contributed by atoms with Crippen LogP contribution < -0.4 is 15.4 Å². The third-order valence-corrected chi connectivity index (χ3v) is 3.71. The van der Waals surface area contributed by atoms with Gasteiger partial charge in [0.1, 0.15) is 5.75 Å². The molecule has 0 unspecified atom stereocenters. The summed E-state index contributed by atoms with van der Waals surface area (Å²) in [5, 5.41) is 7.31. The smallest absolute Gasteiger partial charge is 0.262 e. The summed E-state index contributed by atoms with van der Waals surface area (Å²) in [6, 6.07) is 10.9. The minimum Gasteiger partial charge on any atom is -0.482 e. The molecule has 0 saturated heterocycles. The Hall–Kier alpha value is -1.91. The van der Waals surface area contributed by atoms with E-state index in [0.29, 0.717) is 28.0 Å². The summed E-state index contributed by atoms with van der Waals surface area (Å²) in [4.78, 5) is 11.3. The third kappa shape index (κ3) is 3.23. The molecule has 21 heavy (non-hydrogen) atoms. The van der Waals surface area contributed by atoms with Crippen LogP contribution in [0.3, 0.4) is 0 Å². The quantitative estimate of drug-likeness (QED) is 0.900. The monoisotopic (exact) mass is 322 g/mol. The molecule has 4 nitrogen and oxygen atoms in total. The van der Waals surface area contributed by atoms with E-state index < -0.39 is 0 Å². The van der Waals surface area contributed by atoms with Gasteiger partial charge in [0.25, 0.3) is 5.91 Å². The molecule has 0 saturated carbocycles. The van der Waals surface area contributed by atoms with Gasteiger partial charge in [-0.15, -0.1) is 0 Å². The van der Waals surface area contributed by atoms with Crippen molar-refractivity contribution in [2.45, 2.75) is 6.54 Å². The van der Waals surface area contributed by atoms with Crippen LogP contribution in [0.1, 0.15) is 5.56 Å². The minimum atomic E-state index is -0.155. The molecule has 1 heterocycles. The van der Waals surface area contributed by atoms with E-state index in [2.05, 4.69) is 10.6 Å². The number of fused-ring (bicyclic) bond motifs is 1. The number of nitrogens with one attached hydrogen (secondary N) is 2. The lowest BCUT2D eigenvalue weighted by Gasteiger charge is -2.19. The molecule has 0 bridgehead atoms. The average molecular weight is 323 g/mol. The Morgan fingerprint density at radius 3 is 2.90 bits per heavy atom. The molecule has 1 aliphatic heterocycles. The van der Waals surface area contributed by atoms with Crippen LogP contribution in [-0.2, 0) is 11.3 Å². The molecule has 108 valence electrons. The number of hydrogen-bond acceptors (Lipinski definition) is 3. The molecule has 0 aromatic heterocycles. The molecule has 1 aliphatic rings. The second-order valence-corrected chi connectivity index (χ2v) is 5.48. The fourth-order valence-corrected chi connectivity index (χ4v) is 2.45. The van der Waals surface area contributed by atoms with Crippen LogP contribution in [0.15, 0.2) is 36.4 Å². The number of halogens is 2. The lowest BCUT2D eigenvalue weighted by molar-refractivity contribution is -0.118. The largest absolute Gasteiger partial charge is 0.482 e. The van der Waals surface area contributed by atoms with E-state index in [1.807, 2.05) is 24.3 Å². The van der Waals surface area contributed by atoms with Crippen LogP contribution in [0.4, 0.5) is 11.4 Å². The van der Waals surface area contributed by atoms with Crippen molar-refractivity contribution in [2.75, 3.05) is 17.2 Å². The van der Waals surface area contributed by atoms with Gasteiger partial charge < -0.3 is 15.4 Å². The van der Waals surface area contributed by atoms with E-state index in [0.717, 1.165) is 11.3 Å². The molecule has 2 aromatic carbocycles. The molecule has 3 rings (SSSR count). The van der Waals surface area contributed by atoms with Gasteiger partial charge in [0, 0.05) is 22.3 Å². The van der Waals surface area contributed by atoms with Gasteiger partial charge in [-0.05, 0) is 42.0 Å². The van der Waals surface area contributed by atoms with Crippen LogP contribution in [0, 0.1) is 0 Å². The fourth-order valence-electron chi connectivity index (χ4n) is 2.07. The van der Waals surface area contributed by atoms with Crippen LogP contribution >= 0.6 is 23.2 Å². The summed E-state index contributed by atoms with van der Waals surface area (Å²) in [5.41, 5.74) is 2.42. The Balaban J connectivity index is 1.75. The molecule has 0 atom stereocenters. The molecule has 2 N–H and O–H groups in total. The molecule has 0 radical (unpaired) electrons. The molecule has 2 aromatic rings. The highest BCUT2D eigenvalue weighted by Gasteiger charge is 2.15. The van der Waals surface area contributed by atoms with Gasteiger partial charge in [0.2, 0.25) is 0 Å². The molecule has 1 amide bonds. The number of hydrogen-bond donors (Lipinski definition) is 2. The van der Waals surface area contributed by atoms with Crippen molar-refractivity contribution in [2.24, 2.45) is 0 Å². The second-order valence-electron chi connectivity index (χ2n) is 4.64. The van der Waals surface area contributed by atoms with Gasteiger partial charge >= 0.3 is 0 Å². The SMILES string of the molecule is O=C1COc2ccc(NCc3cc(Cl)ccc3Cl)cc2N1. The highest BCUT2D eigenvalue weighted by molar-refractivity contribution is 6.33. The molecular weight excluding hydrogens is 311 g/mol. The summed E-state index contributed by atoms with van der Waals surface area (Å²) in [6.45, 7) is 0.588. The predicted molar refractivity (Wildman–Crippen MR) is 84.4 cm³/mol. The lowest BCUT2D eigenvalue weighted by Crippen LogP contribution is -2.25. The van der Waals surface area contributed by atoms with E-state index in [9.17, 15) is 4.79 Å². The molecular formula is C15H12Cl2N2O2. The maximum absolute atomic E-state index is 11.3. The van der Waals surface area contributed by atoms with Crippen molar-refractivity contribution in [3.05, 3.63) is 52.0 Å². The van der Waals surface area contributed by atoms with Crippen molar-refractivity contribution < 1.29 is 9.53 Å². The summed E-state index contributed by atoms with van der Waals surface area (Å²) >= 11 is 12.1. The van der Waals surface area contributed by atoms with Gasteiger partial charge in [-0.1, -0.05) is 23.2 Å². The Morgan fingerprint density at radius 2 is 2.05 bits per heavy atom. The van der Waals surface area contributed by atoms with Gasteiger partial charge in [0.15, 0.2) is 6.61 Å². The zero-order valence-corrected chi connectivity index (χ0v) is 12.5.